The summed E-state index contributed by atoms with van der Waals surface area (Å²) >= 11 is 21.7. The van der Waals surface area contributed by atoms with E-state index in [4.69, 9.17) is 45.3 Å². The van der Waals surface area contributed by atoms with Crippen molar-refractivity contribution < 1.29 is 14.3 Å². The minimum absolute atomic E-state index is 0. The third-order valence-electron chi connectivity index (χ3n) is 3.56. The predicted octanol–water partition coefficient (Wildman–Crippen LogP) is 2.48. The number of rotatable bonds is 4. The van der Waals surface area contributed by atoms with E-state index in [0.717, 1.165) is 0 Å². The van der Waals surface area contributed by atoms with Gasteiger partial charge in [0, 0.05) is 10.1 Å². The number of β-lactam (4-membered cyclic amide) rings is 1. The number of thioether (sulfide) groups is 1. The van der Waals surface area contributed by atoms with Crippen LogP contribution in [-0.4, -0.2) is 54.7 Å². The van der Waals surface area contributed by atoms with Crippen LogP contribution in [0.3, 0.4) is 0 Å². The van der Waals surface area contributed by atoms with Gasteiger partial charge in [0.15, 0.2) is 0 Å². The van der Waals surface area contributed by atoms with Gasteiger partial charge in [-0.05, 0) is 13.3 Å². The average Bonchev–Trinajstić information content (AvgIpc) is 2.66. The molecule has 0 bridgehead atoms. The minimum atomic E-state index is -1.68. The zero-order chi connectivity index (χ0) is 16.0. The van der Waals surface area contributed by atoms with Crippen LogP contribution in [0.4, 0.5) is 0 Å². The van der Waals surface area contributed by atoms with E-state index in [1.807, 2.05) is 6.92 Å². The molecule has 2 N–H and O–H groups in total. The molecule has 5 nitrogen and oxygen atoms in total. The van der Waals surface area contributed by atoms with Crippen LogP contribution >= 0.6 is 74.9 Å². The highest BCUT2D eigenvalue weighted by Crippen LogP contribution is 2.52. The van der Waals surface area contributed by atoms with E-state index in [1.165, 1.54) is 16.7 Å². The van der Waals surface area contributed by atoms with Crippen molar-refractivity contribution in [1.29, 1.82) is 0 Å². The summed E-state index contributed by atoms with van der Waals surface area (Å²) in [6, 6.07) is -1.29. The number of carbonyl (C=O) groups is 2. The second-order valence-electron chi connectivity index (χ2n) is 5.16. The largest absolute Gasteiger partial charge is 0.460 e. The van der Waals surface area contributed by atoms with Crippen molar-refractivity contribution >= 4 is 86.8 Å². The highest BCUT2D eigenvalue weighted by molar-refractivity contribution is 9.09. The van der Waals surface area contributed by atoms with Crippen LogP contribution < -0.4 is 5.73 Å². The molecule has 0 aromatic heterocycles. The van der Waals surface area contributed by atoms with Gasteiger partial charge in [0.2, 0.25) is 9.70 Å². The van der Waals surface area contributed by atoms with E-state index < -0.39 is 26.6 Å². The number of esters is 1. The molecular formula is C11H15BrCl4N2O3S. The number of nitrogens with zero attached hydrogens (tertiary/aromatic N) is 1. The minimum Gasteiger partial charge on any atom is -0.460 e. The summed E-state index contributed by atoms with van der Waals surface area (Å²) in [5.41, 5.74) is 5.79. The van der Waals surface area contributed by atoms with Gasteiger partial charge in [0.05, 0.1) is 0 Å². The van der Waals surface area contributed by atoms with Crippen molar-refractivity contribution in [3.63, 3.8) is 0 Å². The summed E-state index contributed by atoms with van der Waals surface area (Å²) in [6.45, 7) is 1.55. The van der Waals surface area contributed by atoms with Gasteiger partial charge in [-0.2, -0.15) is 0 Å². The first kappa shape index (κ1) is 20.9. The summed E-state index contributed by atoms with van der Waals surface area (Å²) in [4.78, 5) is 25.8. The first-order valence-corrected chi connectivity index (χ1v) is 9.29. The molecule has 2 rings (SSSR count). The molecule has 11 heteroatoms. The fraction of sp³-hybridized carbons (Fsp3) is 0.818. The number of alkyl halides is 4. The van der Waals surface area contributed by atoms with Gasteiger partial charge in [-0.25, -0.2) is 4.79 Å². The van der Waals surface area contributed by atoms with Crippen molar-refractivity contribution in [3.05, 3.63) is 0 Å². The maximum absolute atomic E-state index is 12.4. The van der Waals surface area contributed by atoms with Crippen molar-refractivity contribution in [2.45, 2.75) is 39.3 Å². The van der Waals surface area contributed by atoms with Gasteiger partial charge in [0.1, 0.15) is 24.1 Å². The molecule has 22 heavy (non-hydrogen) atoms. The lowest BCUT2D eigenvalue weighted by molar-refractivity contribution is -0.162. The molecule has 2 aliphatic heterocycles. The lowest BCUT2D eigenvalue weighted by atomic mass is 9.93. The van der Waals surface area contributed by atoms with Crippen molar-refractivity contribution in [1.82, 2.24) is 4.90 Å². The Morgan fingerprint density at radius 3 is 2.64 bits per heavy atom. The summed E-state index contributed by atoms with van der Waals surface area (Å²) in [7, 11) is 0. The van der Waals surface area contributed by atoms with E-state index in [9.17, 15) is 9.59 Å². The van der Waals surface area contributed by atoms with E-state index in [2.05, 4.69) is 15.9 Å². The molecule has 2 heterocycles. The molecule has 0 saturated carbocycles. The molecular weight excluding hydrogens is 462 g/mol. The van der Waals surface area contributed by atoms with Gasteiger partial charge in [-0.3, -0.25) is 4.79 Å². The number of nitrogens with two attached hydrogens (primary N) is 1. The van der Waals surface area contributed by atoms with Crippen LogP contribution in [0.25, 0.3) is 0 Å². The smallest absolute Gasteiger partial charge is 0.330 e. The number of hydrogen-bond acceptors (Lipinski definition) is 5. The quantitative estimate of drug-likeness (QED) is 0.383. The Labute approximate surface area is 162 Å². The Balaban J connectivity index is 0.00000242. The third-order valence-corrected chi connectivity index (χ3v) is 6.01. The summed E-state index contributed by atoms with van der Waals surface area (Å²) in [5, 5.41) is 0.487. The molecule has 0 radical (unpaired) electrons. The summed E-state index contributed by atoms with van der Waals surface area (Å²) in [6.07, 6.45) is 0.679. The Hall–Kier alpha value is 0.890. The molecule has 128 valence electrons. The fourth-order valence-electron chi connectivity index (χ4n) is 2.53. The zero-order valence-corrected chi connectivity index (χ0v) is 16.9. The molecule has 2 aliphatic rings. The van der Waals surface area contributed by atoms with Crippen LogP contribution in [0.2, 0.25) is 0 Å². The van der Waals surface area contributed by atoms with Gasteiger partial charge in [-0.1, -0.05) is 50.7 Å². The molecule has 4 atom stereocenters. The maximum Gasteiger partial charge on any atom is 0.330 e. The Morgan fingerprint density at radius 2 is 2.14 bits per heavy atom. The third kappa shape index (κ3) is 3.92. The van der Waals surface area contributed by atoms with E-state index in [1.54, 1.807) is 0 Å². The standard InChI is InChI=1S/C11H14BrCl3N2O3S.ClH/c1-10(2-3-12)6(9(19)20-4-11(13,14)15)17-7(18)5(16)8(17)21-10;/h5-6,8H,2-4,16H2,1H3;1H/t5?,6?,8-,10?;/m0./s1. The van der Waals surface area contributed by atoms with Crippen molar-refractivity contribution in [3.8, 4) is 0 Å². The molecule has 1 amide bonds. The number of ether oxygens (including phenoxy) is 1. The van der Waals surface area contributed by atoms with E-state index >= 15 is 0 Å². The topological polar surface area (TPSA) is 72.6 Å². The van der Waals surface area contributed by atoms with Crippen LogP contribution in [-0.2, 0) is 14.3 Å². The molecule has 3 unspecified atom stereocenters. The Kier molecular flexibility index (Phi) is 7.06. The van der Waals surface area contributed by atoms with Crippen molar-refractivity contribution in [2.24, 2.45) is 5.73 Å². The zero-order valence-electron chi connectivity index (χ0n) is 11.4. The average molecular weight is 477 g/mol. The van der Waals surface area contributed by atoms with Crippen LogP contribution in [0.1, 0.15) is 13.3 Å². The van der Waals surface area contributed by atoms with Gasteiger partial charge >= 0.3 is 5.97 Å². The Bertz CT molecular complexity index is 467. The summed E-state index contributed by atoms with van der Waals surface area (Å²) in [5.74, 6) is -0.818. The second kappa shape index (κ2) is 7.42. The van der Waals surface area contributed by atoms with Crippen LogP contribution in [0.5, 0.6) is 0 Å². The lowest BCUT2D eigenvalue weighted by Crippen LogP contribution is -2.69. The van der Waals surface area contributed by atoms with Gasteiger partial charge < -0.3 is 15.4 Å². The highest BCUT2D eigenvalue weighted by atomic mass is 79.9. The fourth-order valence-corrected chi connectivity index (χ4v) is 5.49. The Morgan fingerprint density at radius 1 is 1.55 bits per heavy atom. The number of halogens is 5. The van der Waals surface area contributed by atoms with Crippen molar-refractivity contribution in [2.75, 3.05) is 11.9 Å². The molecule has 0 spiro atoms. The van der Waals surface area contributed by atoms with Crippen LogP contribution in [0.15, 0.2) is 0 Å². The van der Waals surface area contributed by atoms with Crippen LogP contribution in [0, 0.1) is 0 Å². The maximum atomic E-state index is 12.4. The van der Waals surface area contributed by atoms with E-state index in [-0.39, 0.29) is 30.3 Å². The monoisotopic (exact) mass is 474 g/mol. The van der Waals surface area contributed by atoms with Gasteiger partial charge in [0.25, 0.3) is 0 Å². The number of fused-ring (bicyclic) bond motifs is 1. The second-order valence-corrected chi connectivity index (χ2v) is 10.1. The molecule has 0 aromatic carbocycles. The lowest BCUT2D eigenvalue weighted by Gasteiger charge is -2.42. The SMILES string of the molecule is CC1(CCBr)S[C@H]2C(N)C(=O)N2C1C(=O)OCC(Cl)(Cl)Cl.Cl. The summed E-state index contributed by atoms with van der Waals surface area (Å²) < 4.78 is 2.91. The molecule has 0 aliphatic carbocycles. The number of carbonyl (C=O) groups excluding carboxylic acids is 2. The van der Waals surface area contributed by atoms with Gasteiger partial charge in [-0.15, -0.1) is 24.2 Å². The number of amides is 1. The first-order chi connectivity index (χ1) is 9.60. The molecule has 2 saturated heterocycles. The highest BCUT2D eigenvalue weighted by Gasteiger charge is 2.64. The molecule has 2 fully saturated rings. The first-order valence-electron chi connectivity index (χ1n) is 6.15. The molecule has 0 aromatic rings. The number of hydrogen-bond donors (Lipinski definition) is 1. The normalized spacial score (nSPS) is 33.8. The van der Waals surface area contributed by atoms with E-state index in [0.29, 0.717) is 11.8 Å². The predicted molar refractivity (Wildman–Crippen MR) is 95.3 cm³/mol.